The van der Waals surface area contributed by atoms with E-state index in [1.165, 1.54) is 14.2 Å². The van der Waals surface area contributed by atoms with Gasteiger partial charge in [-0.1, -0.05) is 192 Å². The van der Waals surface area contributed by atoms with E-state index in [9.17, 15) is 29.4 Å². The number of carboxylic acids is 2. The van der Waals surface area contributed by atoms with E-state index >= 15 is 0 Å². The van der Waals surface area contributed by atoms with Gasteiger partial charge in [-0.2, -0.15) is 19.9 Å². The van der Waals surface area contributed by atoms with Crippen LogP contribution in [-0.2, 0) is 107 Å². The van der Waals surface area contributed by atoms with E-state index < -0.39 is 30.1 Å². The number of nitrogens with one attached hydrogen (secondary N) is 1. The molecule has 12 aromatic carbocycles. The van der Waals surface area contributed by atoms with Gasteiger partial charge in [0, 0.05) is 118 Å². The molecule has 0 spiro atoms. The van der Waals surface area contributed by atoms with Crippen LogP contribution in [0.1, 0.15) is 66.8 Å². The first-order chi connectivity index (χ1) is 65.6. The van der Waals surface area contributed by atoms with E-state index in [-0.39, 0.29) is 60.6 Å². The number of oxazole rings is 4. The summed E-state index contributed by atoms with van der Waals surface area (Å²) in [6, 6.07) is 73.5. The lowest BCUT2D eigenvalue weighted by Crippen LogP contribution is -2.46. The summed E-state index contributed by atoms with van der Waals surface area (Å²) in [5.41, 5.74) is 16.4. The van der Waals surface area contributed by atoms with Gasteiger partial charge >= 0.3 is 23.9 Å². The van der Waals surface area contributed by atoms with Crippen LogP contribution in [0.4, 0.5) is 18.0 Å². The summed E-state index contributed by atoms with van der Waals surface area (Å²) in [6.45, 7) is 3.12. The lowest BCUT2D eigenvalue weighted by Gasteiger charge is -2.35. The van der Waals surface area contributed by atoms with Gasteiger partial charge < -0.3 is 95.3 Å². The minimum Gasteiger partial charge on any atom is -0.493 e. The zero-order chi connectivity index (χ0) is 94.3. The Kier molecular flexibility index (Phi) is 31.5. The molecular formula is C102H90Cl6N8O20. The Morgan fingerprint density at radius 1 is 0.353 bits per heavy atom. The summed E-state index contributed by atoms with van der Waals surface area (Å²) >= 11 is 29.4. The Morgan fingerprint density at radius 2 is 0.640 bits per heavy atom. The Balaban J connectivity index is 0.000000133. The first-order valence-electron chi connectivity index (χ1n) is 42.6. The molecule has 4 atom stereocenters. The highest BCUT2D eigenvalue weighted by Gasteiger charge is 2.41. The fourth-order valence-corrected chi connectivity index (χ4v) is 17.0. The van der Waals surface area contributed by atoms with E-state index in [0.29, 0.717) is 176 Å². The van der Waals surface area contributed by atoms with E-state index in [1.807, 2.05) is 175 Å². The molecule has 0 aliphatic carbocycles. The number of halogens is 6. The number of nitrogens with zero attached hydrogens (tertiary/aromatic N) is 7. The Bertz CT molecular complexity index is 6730. The molecule has 136 heavy (non-hydrogen) atoms. The quantitative estimate of drug-likeness (QED) is 0.0501. The van der Waals surface area contributed by atoms with Crippen LogP contribution in [0.25, 0.3) is 44.4 Å². The van der Waals surface area contributed by atoms with Crippen molar-refractivity contribution in [2.75, 3.05) is 57.4 Å². The number of hydrogen-bond donors (Lipinski definition) is 3. The second-order valence-electron chi connectivity index (χ2n) is 31.3. The van der Waals surface area contributed by atoms with Gasteiger partial charge in [0.25, 0.3) is 23.4 Å². The van der Waals surface area contributed by atoms with Crippen molar-refractivity contribution in [3.05, 3.63) is 335 Å². The molecule has 0 radical (unpaired) electrons. The van der Waals surface area contributed by atoms with E-state index in [0.717, 1.165) is 72.3 Å². The number of carbonyl (C=O) groups excluding carboxylic acids is 2. The lowest BCUT2D eigenvalue weighted by atomic mass is 9.92. The number of esters is 2. The molecule has 0 fully saturated rings. The highest BCUT2D eigenvalue weighted by Crippen LogP contribution is 2.46. The molecule has 8 heterocycles. The summed E-state index contributed by atoms with van der Waals surface area (Å²) in [4.78, 5) is 71.8. The van der Waals surface area contributed by atoms with E-state index in [2.05, 4.69) is 25.3 Å². The summed E-state index contributed by atoms with van der Waals surface area (Å²) in [7, 11) is 9.15. The van der Waals surface area contributed by atoms with Crippen molar-refractivity contribution >= 4 is 157 Å². The smallest absolute Gasteiger partial charge is 0.329 e. The maximum absolute atomic E-state index is 12.8. The predicted octanol–water partition coefficient (Wildman–Crippen LogP) is 21.4. The molecule has 0 saturated carbocycles. The minimum absolute atomic E-state index is 0. The minimum atomic E-state index is -0.974. The fourth-order valence-electron chi connectivity index (χ4n) is 16.2. The van der Waals surface area contributed by atoms with Crippen LogP contribution < -0.4 is 57.9 Å². The number of hydrogen-bond acceptors (Lipinski definition) is 26. The number of fused-ring (bicyclic) bond motifs is 8. The average Bonchev–Trinajstić information content (AvgIpc) is 1.43. The van der Waals surface area contributed by atoms with Crippen molar-refractivity contribution < 1.29 is 94.4 Å². The standard InChI is InChI=1S/C26H23ClN2O5.2C25H21ClN2O5.C19H21NO4.C7H3Cl2NO.ClH/c1-31-22-11-8-17-14-29(26-28-20-10-9-18(27)12-23(20)34-26)21(25(30)32-2)13-19(17)24(22)33-15-16-6-4-3-5-7-16;2*1-31-21-10-7-16-13-28(25-27-19-9-8-17(26)11-22(19)33-25)20(24(29)30)12-18(16)23(21)32-14-15-5-3-2-4-6-15;1-22-17-9-8-14-11-20-16(19(21)23-2)10-15(14)18(17)24-12-13-6-4-3-5-7-13;8-4-1-2-5-6(3-4)11-7(9)10-5;/h3-12,21H,13-15H2,1-2H3;2*2-11,20H,12-14H2,1H3,(H,29,30);3-9,16,20H,10-12H2,1-2H3;1-3H;1H/t21-;2*20-;16-;;/m0000../s1. The SMILES string of the molecule is COC(=O)[C@@H]1Cc2c(ccc(OC)c2OCc2ccccc2)CN1.COC(=O)[C@@H]1Cc2c(ccc(OC)c2OCc2ccccc2)CN1c1nc2ccc(Cl)cc2o1.COc1ccc2c(c1OCc1ccccc1)C[C@@H](C(=O)O)N(c1nc3ccc(Cl)cc3o1)C2.COc1ccc2c(c1OCc1ccccc1)C[C@@H](C(=O)O)N(c1nc3ccc(Cl)cc3o1)C2.Cl.Clc1ccc2nc(Cl)oc2c1. The van der Waals surface area contributed by atoms with Crippen LogP contribution in [0.15, 0.2) is 260 Å². The summed E-state index contributed by atoms with van der Waals surface area (Å²) in [5, 5.41) is 25.6. The molecule has 28 nitrogen and oxygen atoms in total. The zero-order valence-corrected chi connectivity index (χ0v) is 78.7. The molecule has 3 N–H and O–H groups in total. The summed E-state index contributed by atoms with van der Waals surface area (Å²) in [6.07, 6.45) is 1.29. The number of aliphatic carboxylic acids is 2. The number of methoxy groups -OCH3 is 6. The summed E-state index contributed by atoms with van der Waals surface area (Å²) in [5.74, 6) is 2.28. The van der Waals surface area contributed by atoms with Gasteiger partial charge in [-0.25, -0.2) is 14.4 Å². The third-order valence-corrected chi connectivity index (χ3v) is 24.1. The van der Waals surface area contributed by atoms with Crippen molar-refractivity contribution in [2.45, 2.75) is 102 Å². The topological polar surface area (TPSA) is 327 Å². The van der Waals surface area contributed by atoms with Gasteiger partial charge in [-0.05, 0) is 129 Å². The zero-order valence-electron chi connectivity index (χ0n) is 74.1. The molecular weight excluding hydrogens is 1870 g/mol. The number of carbonyl (C=O) groups is 4. The van der Waals surface area contributed by atoms with Gasteiger partial charge in [0.2, 0.25) is 0 Å². The highest BCUT2D eigenvalue weighted by molar-refractivity contribution is 6.32. The Morgan fingerprint density at radius 3 is 0.949 bits per heavy atom. The predicted molar refractivity (Wildman–Crippen MR) is 518 cm³/mol. The molecule has 0 saturated heterocycles. The molecule has 0 bridgehead atoms. The molecule has 700 valence electrons. The number of aromatic nitrogens is 4. The van der Waals surface area contributed by atoms with Crippen LogP contribution in [-0.4, -0.2) is 121 Å². The molecule has 0 unspecified atom stereocenters. The number of rotatable bonds is 23. The molecule has 4 aromatic heterocycles. The van der Waals surface area contributed by atoms with Crippen LogP contribution in [0.3, 0.4) is 0 Å². The Labute approximate surface area is 811 Å². The molecule has 0 amide bonds. The van der Waals surface area contributed by atoms with Crippen molar-refractivity contribution in [3.63, 3.8) is 0 Å². The molecule has 34 heteroatoms. The van der Waals surface area contributed by atoms with Crippen LogP contribution in [0, 0.1) is 0 Å². The molecule has 4 aliphatic heterocycles. The maximum Gasteiger partial charge on any atom is 0.329 e. The number of carboxylic acid groups (broad SMARTS) is 2. The van der Waals surface area contributed by atoms with E-state index in [4.69, 9.17) is 123 Å². The molecule has 20 rings (SSSR count). The van der Waals surface area contributed by atoms with Crippen molar-refractivity contribution in [2.24, 2.45) is 0 Å². The summed E-state index contributed by atoms with van der Waals surface area (Å²) < 4.78 is 79.4. The van der Waals surface area contributed by atoms with Gasteiger partial charge in [-0.3, -0.25) is 4.79 Å². The molecule has 16 aromatic rings. The fraction of sp³-hybridized carbons (Fsp3) is 0.216. The third-order valence-electron chi connectivity index (χ3n) is 23.0. The second kappa shape index (κ2) is 44.4. The van der Waals surface area contributed by atoms with Crippen molar-refractivity contribution in [1.29, 1.82) is 0 Å². The van der Waals surface area contributed by atoms with Gasteiger partial charge in [-0.15, -0.1) is 12.4 Å². The van der Waals surface area contributed by atoms with Gasteiger partial charge in [0.05, 0.1) is 42.7 Å². The Hall–Kier alpha value is -14.1. The average molecular weight is 1960 g/mol. The molecule has 4 aliphatic rings. The third kappa shape index (κ3) is 22.4. The maximum atomic E-state index is 12.8. The number of ether oxygens (including phenoxy) is 10. The normalized spacial score (nSPS) is 14.9. The lowest BCUT2D eigenvalue weighted by molar-refractivity contribution is -0.143. The van der Waals surface area contributed by atoms with Gasteiger partial charge in [0.15, 0.2) is 68.3 Å². The highest BCUT2D eigenvalue weighted by atomic mass is 35.5. The van der Waals surface area contributed by atoms with Crippen LogP contribution >= 0.6 is 70.4 Å². The first kappa shape index (κ1) is 96.5. The number of benzene rings is 12. The van der Waals surface area contributed by atoms with Crippen molar-refractivity contribution in [1.82, 2.24) is 25.3 Å². The van der Waals surface area contributed by atoms with Crippen LogP contribution in [0.2, 0.25) is 25.4 Å². The largest absolute Gasteiger partial charge is 0.493 e. The van der Waals surface area contributed by atoms with Crippen LogP contribution in [0.5, 0.6) is 46.0 Å². The van der Waals surface area contributed by atoms with E-state index in [1.54, 1.807) is 111 Å². The first-order valence-corrected chi connectivity index (χ1v) is 44.5. The van der Waals surface area contributed by atoms with Crippen molar-refractivity contribution in [3.8, 4) is 46.0 Å². The monoisotopic (exact) mass is 1960 g/mol. The van der Waals surface area contributed by atoms with Gasteiger partial charge in [0.1, 0.15) is 72.7 Å². The number of anilines is 3. The second-order valence-corrected chi connectivity index (χ2v) is 33.4.